The molecule has 1 heterocycles. The average molecular weight is 285 g/mol. The number of hydrogen-bond donors (Lipinski definition) is 1. The van der Waals surface area contributed by atoms with E-state index in [1.54, 1.807) is 7.11 Å². The SMILES string of the molecule is COCCCn1cc(C)nc1NC1CCc2ccccc21. The lowest BCUT2D eigenvalue weighted by Gasteiger charge is -2.16. The second-order valence-electron chi connectivity index (χ2n) is 5.68. The third-order valence-corrected chi connectivity index (χ3v) is 4.08. The van der Waals surface area contributed by atoms with E-state index in [4.69, 9.17) is 4.74 Å². The van der Waals surface area contributed by atoms with Crippen LogP contribution in [0.2, 0.25) is 0 Å². The molecule has 0 amide bonds. The van der Waals surface area contributed by atoms with Gasteiger partial charge in [-0.2, -0.15) is 0 Å². The number of fused-ring (bicyclic) bond motifs is 1. The summed E-state index contributed by atoms with van der Waals surface area (Å²) < 4.78 is 7.34. The Balaban J connectivity index is 1.73. The summed E-state index contributed by atoms with van der Waals surface area (Å²) in [7, 11) is 1.74. The topological polar surface area (TPSA) is 39.1 Å². The van der Waals surface area contributed by atoms with Crippen LogP contribution in [0.4, 0.5) is 5.95 Å². The van der Waals surface area contributed by atoms with E-state index < -0.39 is 0 Å². The molecule has 1 unspecified atom stereocenters. The monoisotopic (exact) mass is 285 g/mol. The Morgan fingerprint density at radius 2 is 2.24 bits per heavy atom. The van der Waals surface area contributed by atoms with E-state index in [9.17, 15) is 0 Å². The quantitative estimate of drug-likeness (QED) is 0.827. The van der Waals surface area contributed by atoms with Gasteiger partial charge in [0, 0.05) is 26.5 Å². The molecule has 0 fully saturated rings. The molecule has 1 aromatic heterocycles. The summed E-state index contributed by atoms with van der Waals surface area (Å²) in [6.07, 6.45) is 5.40. The number of methoxy groups -OCH3 is 1. The fourth-order valence-electron chi connectivity index (χ4n) is 3.07. The average Bonchev–Trinajstić information content (AvgIpc) is 3.04. The van der Waals surface area contributed by atoms with Gasteiger partial charge in [-0.25, -0.2) is 4.98 Å². The maximum atomic E-state index is 5.14. The number of benzene rings is 1. The van der Waals surface area contributed by atoms with Gasteiger partial charge in [-0.05, 0) is 37.3 Å². The van der Waals surface area contributed by atoms with Crippen LogP contribution in [-0.2, 0) is 17.7 Å². The van der Waals surface area contributed by atoms with Crippen LogP contribution in [0.5, 0.6) is 0 Å². The third kappa shape index (κ3) is 3.10. The van der Waals surface area contributed by atoms with Gasteiger partial charge in [-0.1, -0.05) is 24.3 Å². The number of imidazole rings is 1. The number of rotatable bonds is 6. The van der Waals surface area contributed by atoms with Crippen molar-refractivity contribution in [2.45, 2.75) is 38.8 Å². The molecular formula is C17H23N3O. The maximum absolute atomic E-state index is 5.14. The first-order valence-corrected chi connectivity index (χ1v) is 7.65. The molecule has 1 aliphatic carbocycles. The van der Waals surface area contributed by atoms with Crippen molar-refractivity contribution in [1.82, 2.24) is 9.55 Å². The van der Waals surface area contributed by atoms with Crippen LogP contribution in [0.3, 0.4) is 0 Å². The van der Waals surface area contributed by atoms with E-state index in [0.29, 0.717) is 6.04 Å². The molecule has 0 aliphatic heterocycles. The van der Waals surface area contributed by atoms with Crippen molar-refractivity contribution >= 4 is 5.95 Å². The smallest absolute Gasteiger partial charge is 0.203 e. The molecular weight excluding hydrogens is 262 g/mol. The summed E-state index contributed by atoms with van der Waals surface area (Å²) in [4.78, 5) is 4.64. The van der Waals surface area contributed by atoms with Gasteiger partial charge < -0.3 is 14.6 Å². The molecule has 1 atom stereocenters. The molecule has 4 nitrogen and oxygen atoms in total. The van der Waals surface area contributed by atoms with Crippen molar-refractivity contribution in [2.75, 3.05) is 19.0 Å². The molecule has 3 rings (SSSR count). The van der Waals surface area contributed by atoms with Gasteiger partial charge in [-0.3, -0.25) is 0 Å². The van der Waals surface area contributed by atoms with Gasteiger partial charge in [0.15, 0.2) is 0 Å². The molecule has 4 heteroatoms. The van der Waals surface area contributed by atoms with E-state index >= 15 is 0 Å². The number of nitrogens with one attached hydrogen (secondary N) is 1. The van der Waals surface area contributed by atoms with Crippen molar-refractivity contribution in [1.29, 1.82) is 0 Å². The standard InChI is InChI=1S/C17H23N3O/c1-13-12-20(10-5-11-21-2)17(18-13)19-16-9-8-14-6-3-4-7-15(14)16/h3-4,6-7,12,16H,5,8-11H2,1-2H3,(H,18,19). The Kier molecular flexibility index (Phi) is 4.25. The highest BCUT2D eigenvalue weighted by Crippen LogP contribution is 2.33. The second-order valence-corrected chi connectivity index (χ2v) is 5.68. The minimum atomic E-state index is 0.379. The van der Waals surface area contributed by atoms with Crippen LogP contribution < -0.4 is 5.32 Å². The van der Waals surface area contributed by atoms with Crippen LogP contribution in [0.15, 0.2) is 30.5 Å². The number of anilines is 1. The van der Waals surface area contributed by atoms with Gasteiger partial charge >= 0.3 is 0 Å². The molecule has 0 radical (unpaired) electrons. The Hall–Kier alpha value is -1.81. The van der Waals surface area contributed by atoms with Crippen molar-refractivity contribution < 1.29 is 4.74 Å². The lowest BCUT2D eigenvalue weighted by atomic mass is 10.1. The Morgan fingerprint density at radius 3 is 3.10 bits per heavy atom. The van der Waals surface area contributed by atoms with Gasteiger partial charge in [-0.15, -0.1) is 0 Å². The summed E-state index contributed by atoms with van der Waals surface area (Å²) in [6.45, 7) is 3.76. The fourth-order valence-corrected chi connectivity index (χ4v) is 3.07. The van der Waals surface area contributed by atoms with Crippen LogP contribution in [0.25, 0.3) is 0 Å². The number of ether oxygens (including phenoxy) is 1. The van der Waals surface area contributed by atoms with Crippen molar-refractivity contribution in [3.8, 4) is 0 Å². The largest absolute Gasteiger partial charge is 0.385 e. The third-order valence-electron chi connectivity index (χ3n) is 4.08. The first kappa shape index (κ1) is 14.1. The molecule has 21 heavy (non-hydrogen) atoms. The highest BCUT2D eigenvalue weighted by molar-refractivity contribution is 5.41. The van der Waals surface area contributed by atoms with E-state index in [1.807, 2.05) is 6.92 Å². The highest BCUT2D eigenvalue weighted by Gasteiger charge is 2.23. The second kappa shape index (κ2) is 6.31. The van der Waals surface area contributed by atoms with E-state index in [0.717, 1.165) is 44.1 Å². The highest BCUT2D eigenvalue weighted by atomic mass is 16.5. The molecule has 112 valence electrons. The van der Waals surface area contributed by atoms with Crippen LogP contribution >= 0.6 is 0 Å². The van der Waals surface area contributed by atoms with Gasteiger partial charge in [0.05, 0.1) is 11.7 Å². The predicted molar refractivity (Wildman–Crippen MR) is 84.6 cm³/mol. The number of aryl methyl sites for hydroxylation is 3. The minimum absolute atomic E-state index is 0.379. The molecule has 2 aromatic rings. The molecule has 0 spiro atoms. The summed E-state index contributed by atoms with van der Waals surface area (Å²) in [5.41, 5.74) is 3.94. The number of nitrogens with zero attached hydrogens (tertiary/aromatic N) is 2. The molecule has 0 saturated carbocycles. The van der Waals surface area contributed by atoms with Crippen molar-refractivity contribution in [3.63, 3.8) is 0 Å². The van der Waals surface area contributed by atoms with Crippen LogP contribution in [0.1, 0.15) is 35.7 Å². The lowest BCUT2D eigenvalue weighted by molar-refractivity contribution is 0.190. The fraction of sp³-hybridized carbons (Fsp3) is 0.471. The molecule has 0 bridgehead atoms. The first-order valence-electron chi connectivity index (χ1n) is 7.65. The summed E-state index contributed by atoms with van der Waals surface area (Å²) in [5.74, 6) is 0.977. The van der Waals surface area contributed by atoms with Crippen molar-refractivity contribution in [3.05, 3.63) is 47.3 Å². The predicted octanol–water partition coefficient (Wildman–Crippen LogP) is 3.33. The van der Waals surface area contributed by atoms with E-state index in [1.165, 1.54) is 11.1 Å². The minimum Gasteiger partial charge on any atom is -0.385 e. The Bertz CT molecular complexity index is 606. The zero-order valence-corrected chi connectivity index (χ0v) is 12.8. The number of hydrogen-bond acceptors (Lipinski definition) is 3. The zero-order chi connectivity index (χ0) is 14.7. The normalized spacial score (nSPS) is 17.0. The van der Waals surface area contributed by atoms with Gasteiger partial charge in [0.25, 0.3) is 0 Å². The van der Waals surface area contributed by atoms with Gasteiger partial charge in [0.1, 0.15) is 0 Å². The van der Waals surface area contributed by atoms with Crippen LogP contribution in [0, 0.1) is 6.92 Å². The van der Waals surface area contributed by atoms with Gasteiger partial charge in [0.2, 0.25) is 5.95 Å². The van der Waals surface area contributed by atoms with E-state index in [-0.39, 0.29) is 0 Å². The summed E-state index contributed by atoms with van der Waals surface area (Å²) in [6, 6.07) is 9.08. The maximum Gasteiger partial charge on any atom is 0.203 e. The molecule has 1 N–H and O–H groups in total. The Labute approximate surface area is 126 Å². The lowest BCUT2D eigenvalue weighted by Crippen LogP contribution is -2.12. The molecule has 1 aliphatic rings. The van der Waals surface area contributed by atoms with Crippen LogP contribution in [-0.4, -0.2) is 23.3 Å². The van der Waals surface area contributed by atoms with E-state index in [2.05, 4.69) is 45.3 Å². The molecule has 1 aromatic carbocycles. The van der Waals surface area contributed by atoms with Crippen molar-refractivity contribution in [2.24, 2.45) is 0 Å². The molecule has 0 saturated heterocycles. The summed E-state index contributed by atoms with van der Waals surface area (Å²) >= 11 is 0. The Morgan fingerprint density at radius 1 is 1.38 bits per heavy atom. The first-order chi connectivity index (χ1) is 10.3. The zero-order valence-electron chi connectivity index (χ0n) is 12.8. The summed E-state index contributed by atoms with van der Waals surface area (Å²) in [5, 5.41) is 3.62. The number of aromatic nitrogens is 2.